The number of ether oxygens (including phenoxy) is 1. The van der Waals surface area contributed by atoms with Crippen LogP contribution in [-0.4, -0.2) is 36.6 Å². The van der Waals surface area contributed by atoms with Crippen LogP contribution in [-0.2, 0) is 17.7 Å². The van der Waals surface area contributed by atoms with Crippen molar-refractivity contribution in [1.82, 2.24) is 15.1 Å². The van der Waals surface area contributed by atoms with E-state index in [9.17, 15) is 0 Å². The Balaban J connectivity index is 2.68. The fourth-order valence-corrected chi connectivity index (χ4v) is 2.53. The van der Waals surface area contributed by atoms with E-state index in [-0.39, 0.29) is 5.41 Å². The third-order valence-electron chi connectivity index (χ3n) is 3.47. The normalized spacial score (nSPS) is 13.8. The lowest BCUT2D eigenvalue weighted by Gasteiger charge is -2.30. The summed E-state index contributed by atoms with van der Waals surface area (Å²) in [6.45, 7) is 8.14. The zero-order chi connectivity index (χ0) is 14.5. The average Bonchev–Trinajstić information content (AvgIpc) is 2.67. The molecule has 110 valence electrons. The molecule has 0 bridgehead atoms. The predicted molar refractivity (Wildman–Crippen MR) is 79.7 cm³/mol. The Hall–Kier alpha value is -0.580. The lowest BCUT2D eigenvalue weighted by atomic mass is 9.84. The van der Waals surface area contributed by atoms with E-state index in [1.807, 2.05) is 11.7 Å². The van der Waals surface area contributed by atoms with E-state index in [0.29, 0.717) is 12.6 Å². The van der Waals surface area contributed by atoms with Gasteiger partial charge in [0.1, 0.15) is 0 Å². The second-order valence-corrected chi connectivity index (χ2v) is 6.31. The van der Waals surface area contributed by atoms with Gasteiger partial charge in [-0.25, -0.2) is 0 Å². The molecule has 0 aliphatic carbocycles. The van der Waals surface area contributed by atoms with Crippen LogP contribution in [0.5, 0.6) is 0 Å². The van der Waals surface area contributed by atoms with Crippen molar-refractivity contribution in [3.8, 4) is 0 Å². The Kier molecular flexibility index (Phi) is 6.30. The van der Waals surface area contributed by atoms with Crippen LogP contribution in [0.25, 0.3) is 0 Å². The number of halogens is 1. The summed E-state index contributed by atoms with van der Waals surface area (Å²) in [6.07, 6.45) is 3.68. The molecule has 0 amide bonds. The molecule has 0 aliphatic heterocycles. The van der Waals surface area contributed by atoms with Gasteiger partial charge < -0.3 is 10.1 Å². The van der Waals surface area contributed by atoms with Crippen LogP contribution >= 0.6 is 11.6 Å². The molecule has 0 aliphatic rings. The van der Waals surface area contributed by atoms with Crippen molar-refractivity contribution in [2.45, 2.75) is 46.2 Å². The molecule has 4 nitrogen and oxygen atoms in total. The molecular weight excluding hydrogens is 262 g/mol. The Bertz CT molecular complexity index is 385. The summed E-state index contributed by atoms with van der Waals surface area (Å²) in [5, 5.41) is 8.44. The average molecular weight is 288 g/mol. The molecule has 5 heteroatoms. The van der Waals surface area contributed by atoms with E-state index < -0.39 is 0 Å². The number of methoxy groups -OCH3 is 1. The first-order valence-electron chi connectivity index (χ1n) is 6.76. The minimum atomic E-state index is 0.235. The predicted octanol–water partition coefficient (Wildman–Crippen LogP) is 2.75. The van der Waals surface area contributed by atoms with Crippen LogP contribution in [0.1, 0.15) is 32.9 Å². The SMILES string of the molecule is CNC(CCc1c(Cl)cnn1CCOC)C(C)(C)C. The molecule has 1 unspecified atom stereocenters. The van der Waals surface area contributed by atoms with Gasteiger partial charge in [-0.3, -0.25) is 4.68 Å². The van der Waals surface area contributed by atoms with Gasteiger partial charge in [-0.05, 0) is 25.3 Å². The standard InChI is InChI=1S/C14H26ClN3O/c1-14(2,3)13(16-4)7-6-12-11(15)10-17-18(12)8-9-19-5/h10,13,16H,6-9H2,1-5H3. The van der Waals surface area contributed by atoms with Gasteiger partial charge in [0.05, 0.1) is 30.1 Å². The van der Waals surface area contributed by atoms with Crippen molar-refractivity contribution in [2.75, 3.05) is 20.8 Å². The summed E-state index contributed by atoms with van der Waals surface area (Å²) >= 11 is 6.22. The number of nitrogens with one attached hydrogen (secondary N) is 1. The highest BCUT2D eigenvalue weighted by Crippen LogP contribution is 2.25. The number of aromatic nitrogens is 2. The minimum Gasteiger partial charge on any atom is -0.383 e. The topological polar surface area (TPSA) is 39.1 Å². The highest BCUT2D eigenvalue weighted by atomic mass is 35.5. The fraction of sp³-hybridized carbons (Fsp3) is 0.786. The van der Waals surface area contributed by atoms with Crippen molar-refractivity contribution >= 4 is 11.6 Å². The Morgan fingerprint density at radius 2 is 2.16 bits per heavy atom. The van der Waals surface area contributed by atoms with Gasteiger partial charge in [0.2, 0.25) is 0 Å². The maximum absolute atomic E-state index is 6.22. The monoisotopic (exact) mass is 287 g/mol. The molecule has 0 saturated heterocycles. The van der Waals surface area contributed by atoms with Gasteiger partial charge in [-0.15, -0.1) is 0 Å². The molecule has 19 heavy (non-hydrogen) atoms. The van der Waals surface area contributed by atoms with Crippen LogP contribution in [0, 0.1) is 5.41 Å². The first-order valence-corrected chi connectivity index (χ1v) is 7.14. The lowest BCUT2D eigenvalue weighted by molar-refractivity contribution is 0.182. The molecule has 1 heterocycles. The van der Waals surface area contributed by atoms with Gasteiger partial charge in [-0.2, -0.15) is 5.10 Å². The van der Waals surface area contributed by atoms with E-state index in [1.165, 1.54) is 0 Å². The van der Waals surface area contributed by atoms with Crippen LogP contribution in [0.4, 0.5) is 0 Å². The van der Waals surface area contributed by atoms with E-state index in [2.05, 4.69) is 31.2 Å². The third kappa shape index (κ3) is 4.79. The van der Waals surface area contributed by atoms with E-state index in [1.54, 1.807) is 13.3 Å². The Morgan fingerprint density at radius 1 is 1.47 bits per heavy atom. The third-order valence-corrected chi connectivity index (χ3v) is 3.78. The van der Waals surface area contributed by atoms with Crippen LogP contribution in [0.3, 0.4) is 0 Å². The molecule has 0 aromatic carbocycles. The lowest BCUT2D eigenvalue weighted by Crippen LogP contribution is -2.38. The molecule has 1 N–H and O–H groups in total. The number of rotatable bonds is 7. The van der Waals surface area contributed by atoms with Gasteiger partial charge in [0.25, 0.3) is 0 Å². The minimum absolute atomic E-state index is 0.235. The first kappa shape index (κ1) is 16.5. The largest absolute Gasteiger partial charge is 0.383 e. The van der Waals surface area contributed by atoms with Crippen molar-refractivity contribution in [3.05, 3.63) is 16.9 Å². The second kappa shape index (κ2) is 7.27. The van der Waals surface area contributed by atoms with Crippen molar-refractivity contribution < 1.29 is 4.74 Å². The molecule has 1 rings (SSSR count). The number of hydrogen-bond acceptors (Lipinski definition) is 3. The first-order chi connectivity index (χ1) is 8.90. The van der Waals surface area contributed by atoms with Crippen LogP contribution in [0.2, 0.25) is 5.02 Å². The highest BCUT2D eigenvalue weighted by Gasteiger charge is 2.23. The van der Waals surface area contributed by atoms with E-state index >= 15 is 0 Å². The highest BCUT2D eigenvalue weighted by molar-refractivity contribution is 6.31. The van der Waals surface area contributed by atoms with Crippen molar-refractivity contribution in [1.29, 1.82) is 0 Å². The summed E-state index contributed by atoms with van der Waals surface area (Å²) in [5.41, 5.74) is 1.33. The molecule has 0 saturated carbocycles. The smallest absolute Gasteiger partial charge is 0.0817 e. The summed E-state index contributed by atoms with van der Waals surface area (Å²) < 4.78 is 7.04. The zero-order valence-electron chi connectivity index (χ0n) is 12.7. The zero-order valence-corrected chi connectivity index (χ0v) is 13.4. The summed E-state index contributed by atoms with van der Waals surface area (Å²) in [4.78, 5) is 0. The molecule has 1 aromatic rings. The number of hydrogen-bond donors (Lipinski definition) is 1. The maximum Gasteiger partial charge on any atom is 0.0817 e. The van der Waals surface area contributed by atoms with Gasteiger partial charge in [-0.1, -0.05) is 32.4 Å². The van der Waals surface area contributed by atoms with E-state index in [4.69, 9.17) is 16.3 Å². The fourth-order valence-electron chi connectivity index (χ4n) is 2.30. The van der Waals surface area contributed by atoms with Crippen molar-refractivity contribution in [2.24, 2.45) is 5.41 Å². The van der Waals surface area contributed by atoms with Crippen LogP contribution < -0.4 is 5.32 Å². The summed E-state index contributed by atoms with van der Waals surface area (Å²) in [5.74, 6) is 0. The van der Waals surface area contributed by atoms with Gasteiger partial charge in [0.15, 0.2) is 0 Å². The molecule has 1 atom stereocenters. The van der Waals surface area contributed by atoms with Gasteiger partial charge >= 0.3 is 0 Å². The number of nitrogens with zero attached hydrogens (tertiary/aromatic N) is 2. The molecular formula is C14H26ClN3O. The van der Waals surface area contributed by atoms with Gasteiger partial charge in [0, 0.05) is 13.2 Å². The maximum atomic E-state index is 6.22. The quantitative estimate of drug-likeness (QED) is 0.838. The molecule has 0 spiro atoms. The van der Waals surface area contributed by atoms with E-state index in [0.717, 1.165) is 30.1 Å². The summed E-state index contributed by atoms with van der Waals surface area (Å²) in [6, 6.07) is 0.453. The second-order valence-electron chi connectivity index (χ2n) is 5.90. The van der Waals surface area contributed by atoms with Crippen molar-refractivity contribution in [3.63, 3.8) is 0 Å². The Morgan fingerprint density at radius 3 is 2.68 bits per heavy atom. The summed E-state index contributed by atoms with van der Waals surface area (Å²) in [7, 11) is 3.71. The van der Waals surface area contributed by atoms with Crippen LogP contribution in [0.15, 0.2) is 6.20 Å². The molecule has 1 aromatic heterocycles. The molecule has 0 radical (unpaired) electrons. The molecule has 0 fully saturated rings. The Labute approximate surface area is 121 Å².